The van der Waals surface area contributed by atoms with Crippen molar-refractivity contribution in [3.8, 4) is 0 Å². The second-order valence-electron chi connectivity index (χ2n) is 21.7. The molecule has 0 aromatic rings. The second kappa shape index (κ2) is 60.6. The van der Waals surface area contributed by atoms with Crippen LogP contribution in [0.15, 0.2) is 36.5 Å². The van der Waals surface area contributed by atoms with E-state index < -0.39 is 12.1 Å². The van der Waals surface area contributed by atoms with Crippen molar-refractivity contribution in [2.45, 2.75) is 353 Å². The van der Waals surface area contributed by atoms with Gasteiger partial charge in [0.05, 0.1) is 25.4 Å². The van der Waals surface area contributed by atoms with E-state index >= 15 is 0 Å². The first-order chi connectivity index (χ1) is 35.0. The molecule has 0 aromatic heterocycles. The molecule has 0 aliphatic carbocycles. The van der Waals surface area contributed by atoms with Crippen molar-refractivity contribution in [3.63, 3.8) is 0 Å². The van der Waals surface area contributed by atoms with Crippen LogP contribution in [0, 0.1) is 0 Å². The summed E-state index contributed by atoms with van der Waals surface area (Å²) in [4.78, 5) is 24.6. The molecule has 0 spiro atoms. The minimum Gasteiger partial charge on any atom is -0.466 e. The molecule has 0 radical (unpaired) electrons. The topological polar surface area (TPSA) is 95.9 Å². The summed E-state index contributed by atoms with van der Waals surface area (Å²) >= 11 is 0. The third-order valence-corrected chi connectivity index (χ3v) is 14.7. The Balaban J connectivity index is 3.48. The standard InChI is InChI=1S/C65H123NO5/c1-3-5-7-9-11-13-15-17-19-21-22-23-24-25-26-27-28-30-31-33-37-41-45-49-53-57-63(68)62(61-67)66-64(69)58-54-50-46-42-38-35-36-40-44-48-52-56-60-71-65(70)59-55-51-47-43-39-34-32-29-20-18-16-14-12-10-8-6-4-2/h12,14,18,20,36,40,62-63,67-68H,3-11,13,15-17,19,21-35,37-39,41-61H2,1-2H3,(H,66,69)/b14-12-,20-18-,40-36-. The van der Waals surface area contributed by atoms with Crippen LogP contribution in [0.4, 0.5) is 0 Å². The molecule has 418 valence electrons. The minimum atomic E-state index is -0.683. The predicted octanol–water partition coefficient (Wildman–Crippen LogP) is 20.0. The summed E-state index contributed by atoms with van der Waals surface area (Å²) < 4.78 is 5.46. The zero-order valence-electron chi connectivity index (χ0n) is 47.7. The first-order valence-corrected chi connectivity index (χ1v) is 31.7. The van der Waals surface area contributed by atoms with E-state index in [0.717, 1.165) is 83.5 Å². The summed E-state index contributed by atoms with van der Waals surface area (Å²) in [5, 5.41) is 23.4. The molecule has 3 N–H and O–H groups in total. The molecule has 0 fully saturated rings. The number of ether oxygens (including phenoxy) is 1. The monoisotopic (exact) mass is 998 g/mol. The zero-order chi connectivity index (χ0) is 51.4. The molecule has 2 unspecified atom stereocenters. The SMILES string of the molecule is CCCCC/C=C\C/C=C\CCCCCCCCCC(=O)OCCCCC/C=C\CCCCCCCC(=O)NC(CO)C(O)CCCCCCCCCCCCCCCCCCCCCCCCCCC. The number of aliphatic hydroxyl groups is 2. The summed E-state index contributed by atoms with van der Waals surface area (Å²) in [6, 6.07) is -0.563. The van der Waals surface area contributed by atoms with Gasteiger partial charge in [0, 0.05) is 12.8 Å². The molecule has 0 saturated heterocycles. The summed E-state index contributed by atoms with van der Waals surface area (Å²) in [5.74, 6) is -0.0878. The van der Waals surface area contributed by atoms with Gasteiger partial charge >= 0.3 is 5.97 Å². The van der Waals surface area contributed by atoms with E-state index in [1.165, 1.54) is 225 Å². The van der Waals surface area contributed by atoms with Crippen LogP contribution in [0.2, 0.25) is 0 Å². The average Bonchev–Trinajstić information content (AvgIpc) is 3.37. The normalized spacial score (nSPS) is 12.8. The lowest BCUT2D eigenvalue weighted by atomic mass is 10.0. The number of carbonyl (C=O) groups excluding carboxylic acids is 2. The number of carbonyl (C=O) groups is 2. The lowest BCUT2D eigenvalue weighted by molar-refractivity contribution is -0.143. The molecule has 0 saturated carbocycles. The van der Waals surface area contributed by atoms with Crippen molar-refractivity contribution >= 4 is 11.9 Å². The van der Waals surface area contributed by atoms with Gasteiger partial charge in [-0.2, -0.15) is 0 Å². The van der Waals surface area contributed by atoms with E-state index in [1.807, 2.05) is 0 Å². The number of aliphatic hydroxyl groups excluding tert-OH is 2. The van der Waals surface area contributed by atoms with Crippen LogP contribution in [0.5, 0.6) is 0 Å². The van der Waals surface area contributed by atoms with E-state index in [9.17, 15) is 19.8 Å². The third-order valence-electron chi connectivity index (χ3n) is 14.7. The van der Waals surface area contributed by atoms with E-state index in [2.05, 4.69) is 55.6 Å². The summed E-state index contributed by atoms with van der Waals surface area (Å²) in [6.07, 6.45) is 75.8. The first-order valence-electron chi connectivity index (χ1n) is 31.7. The number of unbranched alkanes of at least 4 members (excludes halogenated alkanes) is 42. The van der Waals surface area contributed by atoms with E-state index in [4.69, 9.17) is 4.74 Å². The summed E-state index contributed by atoms with van der Waals surface area (Å²) in [5.41, 5.74) is 0. The Labute approximate surface area is 443 Å². The highest BCUT2D eigenvalue weighted by Crippen LogP contribution is 2.18. The lowest BCUT2D eigenvalue weighted by Gasteiger charge is -2.22. The zero-order valence-corrected chi connectivity index (χ0v) is 47.7. The van der Waals surface area contributed by atoms with Gasteiger partial charge in [-0.3, -0.25) is 9.59 Å². The minimum absolute atomic E-state index is 0.0296. The Morgan fingerprint density at radius 3 is 1.11 bits per heavy atom. The highest BCUT2D eigenvalue weighted by Gasteiger charge is 2.20. The Morgan fingerprint density at radius 2 is 0.704 bits per heavy atom. The van der Waals surface area contributed by atoms with E-state index in [-0.39, 0.29) is 18.5 Å². The Bertz CT molecular complexity index is 1150. The Morgan fingerprint density at radius 1 is 0.394 bits per heavy atom. The van der Waals surface area contributed by atoms with Crippen molar-refractivity contribution in [1.29, 1.82) is 0 Å². The molecule has 0 aromatic carbocycles. The molecule has 0 aliphatic heterocycles. The first kappa shape index (κ1) is 69.1. The number of nitrogens with one attached hydrogen (secondary N) is 1. The van der Waals surface area contributed by atoms with Gasteiger partial charge in [-0.1, -0.05) is 275 Å². The van der Waals surface area contributed by atoms with Gasteiger partial charge in [0.25, 0.3) is 0 Å². The van der Waals surface area contributed by atoms with Crippen LogP contribution in [-0.2, 0) is 14.3 Å². The molecule has 0 bridgehead atoms. The molecule has 0 aliphatic rings. The van der Waals surface area contributed by atoms with Gasteiger partial charge in [0.2, 0.25) is 5.91 Å². The Hall–Kier alpha value is -1.92. The smallest absolute Gasteiger partial charge is 0.305 e. The molecular formula is C65H123NO5. The van der Waals surface area contributed by atoms with Crippen molar-refractivity contribution in [2.24, 2.45) is 0 Å². The fraction of sp³-hybridized carbons (Fsp3) is 0.877. The van der Waals surface area contributed by atoms with Crippen molar-refractivity contribution in [3.05, 3.63) is 36.5 Å². The highest BCUT2D eigenvalue weighted by atomic mass is 16.5. The van der Waals surface area contributed by atoms with Crippen LogP contribution < -0.4 is 5.32 Å². The number of amides is 1. The number of esters is 1. The molecule has 1 amide bonds. The maximum absolute atomic E-state index is 12.5. The molecular weight excluding hydrogens is 875 g/mol. The molecule has 71 heavy (non-hydrogen) atoms. The van der Waals surface area contributed by atoms with Gasteiger partial charge in [0.15, 0.2) is 0 Å². The van der Waals surface area contributed by atoms with Crippen LogP contribution >= 0.6 is 0 Å². The number of rotatable bonds is 59. The quantitative estimate of drug-likeness (QED) is 0.0321. The maximum Gasteiger partial charge on any atom is 0.305 e. The van der Waals surface area contributed by atoms with Gasteiger partial charge in [-0.05, 0) is 89.9 Å². The second-order valence-corrected chi connectivity index (χ2v) is 21.7. The molecule has 0 heterocycles. The number of hydrogen-bond donors (Lipinski definition) is 3. The van der Waals surface area contributed by atoms with E-state index in [1.54, 1.807) is 0 Å². The van der Waals surface area contributed by atoms with Crippen LogP contribution in [0.1, 0.15) is 341 Å². The molecule has 6 heteroatoms. The highest BCUT2D eigenvalue weighted by molar-refractivity contribution is 5.76. The van der Waals surface area contributed by atoms with Gasteiger partial charge in [-0.15, -0.1) is 0 Å². The van der Waals surface area contributed by atoms with Crippen LogP contribution in [-0.4, -0.2) is 47.4 Å². The Kier molecular flexibility index (Phi) is 59.0. The fourth-order valence-electron chi connectivity index (χ4n) is 9.78. The third kappa shape index (κ3) is 57.2. The van der Waals surface area contributed by atoms with Crippen LogP contribution in [0.3, 0.4) is 0 Å². The maximum atomic E-state index is 12.5. The van der Waals surface area contributed by atoms with Gasteiger partial charge in [0.1, 0.15) is 0 Å². The lowest BCUT2D eigenvalue weighted by Crippen LogP contribution is -2.45. The van der Waals surface area contributed by atoms with Gasteiger partial charge < -0.3 is 20.3 Å². The molecule has 2 atom stereocenters. The van der Waals surface area contributed by atoms with Crippen molar-refractivity contribution in [2.75, 3.05) is 13.2 Å². The summed E-state index contributed by atoms with van der Waals surface area (Å²) in [7, 11) is 0. The van der Waals surface area contributed by atoms with Crippen LogP contribution in [0.25, 0.3) is 0 Å². The average molecular weight is 999 g/mol. The number of hydrogen-bond acceptors (Lipinski definition) is 5. The fourth-order valence-corrected chi connectivity index (χ4v) is 9.78. The van der Waals surface area contributed by atoms with E-state index in [0.29, 0.717) is 25.9 Å². The number of allylic oxidation sites excluding steroid dienone is 6. The van der Waals surface area contributed by atoms with Crippen molar-refractivity contribution < 1.29 is 24.5 Å². The largest absolute Gasteiger partial charge is 0.466 e. The molecule has 0 rings (SSSR count). The molecule has 6 nitrogen and oxygen atoms in total. The summed E-state index contributed by atoms with van der Waals surface area (Å²) in [6.45, 7) is 4.89. The predicted molar refractivity (Wildman–Crippen MR) is 310 cm³/mol. The van der Waals surface area contributed by atoms with Gasteiger partial charge in [-0.25, -0.2) is 0 Å². The van der Waals surface area contributed by atoms with Crippen molar-refractivity contribution in [1.82, 2.24) is 5.32 Å².